The number of ether oxygens (including phenoxy) is 1. The van der Waals surface area contributed by atoms with Crippen LogP contribution in [0.4, 0.5) is 0 Å². The molecule has 1 aliphatic carbocycles. The first-order chi connectivity index (χ1) is 18.7. The summed E-state index contributed by atoms with van der Waals surface area (Å²) in [5.41, 5.74) is 0.280. The maximum Gasteiger partial charge on any atom is 0.252 e. The fourth-order valence-electron chi connectivity index (χ4n) is 4.76. The molecule has 1 heterocycles. The molecule has 1 aliphatic rings. The monoisotopic (exact) mass is 555 g/mol. The Bertz CT molecular complexity index is 1310. The Kier molecular flexibility index (Phi) is 8.90. The van der Waals surface area contributed by atoms with Crippen LogP contribution in [0.2, 0.25) is 5.02 Å². The fraction of sp³-hybridized carbons (Fsp3) is 0.379. The average molecular weight is 556 g/mol. The van der Waals surface area contributed by atoms with E-state index in [2.05, 4.69) is 47.5 Å². The van der Waals surface area contributed by atoms with Gasteiger partial charge in [0, 0.05) is 12.0 Å². The van der Waals surface area contributed by atoms with E-state index in [-0.39, 0.29) is 25.6 Å². The minimum atomic E-state index is -1.20. The van der Waals surface area contributed by atoms with Gasteiger partial charge in [-0.3, -0.25) is 0 Å². The molecule has 9 nitrogen and oxygen atoms in total. The molecular weight excluding hydrogens is 522 g/mol. The number of nitrogens with zero attached hydrogens (tertiary/aromatic N) is 2. The highest BCUT2D eigenvalue weighted by Gasteiger charge is 2.52. The third kappa shape index (κ3) is 5.65. The van der Waals surface area contributed by atoms with Crippen molar-refractivity contribution in [2.45, 2.75) is 38.0 Å². The van der Waals surface area contributed by atoms with E-state index in [0.717, 1.165) is 16.7 Å². The predicted molar refractivity (Wildman–Crippen MR) is 147 cm³/mol. The van der Waals surface area contributed by atoms with Gasteiger partial charge in [0.05, 0.1) is 35.8 Å². The van der Waals surface area contributed by atoms with Crippen LogP contribution in [0.5, 0.6) is 5.75 Å². The molecule has 0 saturated carbocycles. The molecule has 3 aromatic rings. The van der Waals surface area contributed by atoms with Crippen molar-refractivity contribution in [1.82, 2.24) is 15.5 Å². The van der Waals surface area contributed by atoms with Crippen molar-refractivity contribution in [3.8, 4) is 5.75 Å². The quantitative estimate of drug-likeness (QED) is 0.228. The van der Waals surface area contributed by atoms with Crippen molar-refractivity contribution in [3.05, 3.63) is 94.6 Å². The smallest absolute Gasteiger partial charge is 0.252 e. The molecule has 0 fully saturated rings. The Morgan fingerprint density at radius 3 is 2.36 bits per heavy atom. The Morgan fingerprint density at radius 1 is 1.03 bits per heavy atom. The van der Waals surface area contributed by atoms with E-state index in [9.17, 15) is 20.4 Å². The van der Waals surface area contributed by atoms with Crippen LogP contribution in [0, 0.1) is 5.41 Å². The number of benzene rings is 2. The molecule has 10 heteroatoms. The van der Waals surface area contributed by atoms with E-state index in [1.807, 2.05) is 36.4 Å². The molecule has 1 unspecified atom stereocenters. The van der Waals surface area contributed by atoms with Crippen LogP contribution >= 0.6 is 11.6 Å². The molecule has 0 saturated heterocycles. The third-order valence-electron chi connectivity index (χ3n) is 7.55. The summed E-state index contributed by atoms with van der Waals surface area (Å²) in [6, 6.07) is 15.3. The van der Waals surface area contributed by atoms with Crippen LogP contribution in [-0.2, 0) is 18.6 Å². The van der Waals surface area contributed by atoms with Gasteiger partial charge in [0.15, 0.2) is 5.82 Å². The van der Waals surface area contributed by atoms with Gasteiger partial charge in [-0.2, -0.15) is 4.98 Å². The number of hydrogen-bond donors (Lipinski definition) is 5. The summed E-state index contributed by atoms with van der Waals surface area (Å²) in [7, 11) is 0. The van der Waals surface area contributed by atoms with Crippen LogP contribution in [0.1, 0.15) is 36.7 Å². The first-order valence-electron chi connectivity index (χ1n) is 12.6. The van der Waals surface area contributed by atoms with Gasteiger partial charge in [-0.1, -0.05) is 85.2 Å². The highest BCUT2D eigenvalue weighted by atomic mass is 35.5. The normalized spacial score (nSPS) is 18.7. The lowest BCUT2D eigenvalue weighted by atomic mass is 9.58. The summed E-state index contributed by atoms with van der Waals surface area (Å²) in [5.74, 6) is 0.951. The molecule has 5 N–H and O–H groups in total. The van der Waals surface area contributed by atoms with Crippen LogP contribution in [0.25, 0.3) is 5.57 Å². The topological polar surface area (TPSA) is 141 Å². The van der Waals surface area contributed by atoms with Gasteiger partial charge in [-0.25, -0.2) is 0 Å². The van der Waals surface area contributed by atoms with Crippen LogP contribution in [0.3, 0.4) is 0 Å². The summed E-state index contributed by atoms with van der Waals surface area (Å²) in [6.07, 6.45) is 6.02. The lowest BCUT2D eigenvalue weighted by Gasteiger charge is -2.46. The summed E-state index contributed by atoms with van der Waals surface area (Å²) >= 11 is 6.60. The van der Waals surface area contributed by atoms with E-state index in [0.29, 0.717) is 16.6 Å². The molecule has 4 rings (SSSR count). The molecule has 39 heavy (non-hydrogen) atoms. The Balaban J connectivity index is 1.62. The fourth-order valence-corrected chi connectivity index (χ4v) is 5.02. The molecule has 0 amide bonds. The van der Waals surface area contributed by atoms with Crippen molar-refractivity contribution in [2.24, 2.45) is 5.41 Å². The molecule has 2 aromatic carbocycles. The molecule has 0 bridgehead atoms. The summed E-state index contributed by atoms with van der Waals surface area (Å²) in [5, 5.41) is 45.8. The van der Waals surface area contributed by atoms with Crippen molar-refractivity contribution in [2.75, 3.05) is 26.4 Å². The van der Waals surface area contributed by atoms with Gasteiger partial charge in [0.25, 0.3) is 5.89 Å². The van der Waals surface area contributed by atoms with Crippen molar-refractivity contribution < 1.29 is 29.7 Å². The van der Waals surface area contributed by atoms with E-state index in [1.165, 1.54) is 0 Å². The summed E-state index contributed by atoms with van der Waals surface area (Å²) < 4.78 is 11.6. The molecule has 0 radical (unpaired) electrons. The summed E-state index contributed by atoms with van der Waals surface area (Å²) in [6.45, 7) is 2.94. The number of nitrogens with one attached hydrogen (secondary N) is 1. The second-order valence-electron chi connectivity index (χ2n) is 10.2. The first kappa shape index (κ1) is 28.9. The van der Waals surface area contributed by atoms with Crippen LogP contribution < -0.4 is 10.1 Å². The van der Waals surface area contributed by atoms with E-state index < -0.39 is 36.2 Å². The highest BCUT2D eigenvalue weighted by Crippen LogP contribution is 2.53. The van der Waals surface area contributed by atoms with Gasteiger partial charge in [-0.15, -0.1) is 0 Å². The zero-order valence-electron chi connectivity index (χ0n) is 22.0. The number of aliphatic hydroxyl groups excluding tert-OH is 4. The van der Waals surface area contributed by atoms with Gasteiger partial charge in [-0.05, 0) is 28.8 Å². The second-order valence-corrected chi connectivity index (χ2v) is 10.6. The van der Waals surface area contributed by atoms with E-state index >= 15 is 0 Å². The van der Waals surface area contributed by atoms with Crippen molar-refractivity contribution >= 4 is 17.2 Å². The molecule has 1 atom stereocenters. The largest absolute Gasteiger partial charge is 0.491 e. The van der Waals surface area contributed by atoms with Crippen molar-refractivity contribution in [3.63, 3.8) is 0 Å². The van der Waals surface area contributed by atoms with E-state index in [4.69, 9.17) is 20.9 Å². The number of hydrogen-bond acceptors (Lipinski definition) is 9. The maximum atomic E-state index is 9.58. The highest BCUT2D eigenvalue weighted by molar-refractivity contribution is 6.32. The average Bonchev–Trinajstić information content (AvgIpc) is 3.44. The molecular formula is C29H34ClN3O6. The lowest BCUT2D eigenvalue weighted by molar-refractivity contribution is 0.0414. The molecule has 0 spiro atoms. The number of rotatable bonds is 12. The number of aromatic nitrogens is 2. The molecule has 208 valence electrons. The Morgan fingerprint density at radius 2 is 1.74 bits per heavy atom. The molecule has 0 aliphatic heterocycles. The standard InChI is InChI=1S/C29H34ClN3O6/c1-27(2)22(21-7-4-3-5-8-21)9-6-12-29(27,26-32-25(15-34)39-33-26)19-38-24-11-10-20(13-23(24)30)14-31-28(16-35,17-36)18-37/h3-13,31,34-37H,14-19H2,1-2H3. The zero-order valence-corrected chi connectivity index (χ0v) is 22.7. The third-order valence-corrected chi connectivity index (χ3v) is 7.84. The predicted octanol–water partition coefficient (Wildman–Crippen LogP) is 3.02. The second kappa shape index (κ2) is 12.0. The van der Waals surface area contributed by atoms with E-state index in [1.54, 1.807) is 12.1 Å². The maximum absolute atomic E-state index is 9.58. The Hall–Kier alpha value is -3.05. The number of aliphatic hydroxyl groups is 4. The van der Waals surface area contributed by atoms with Gasteiger partial charge < -0.3 is 35.0 Å². The molecule has 1 aromatic heterocycles. The van der Waals surface area contributed by atoms with Crippen molar-refractivity contribution in [1.29, 1.82) is 0 Å². The number of halogens is 1. The van der Waals surface area contributed by atoms with Gasteiger partial charge in [0.1, 0.15) is 19.0 Å². The zero-order chi connectivity index (χ0) is 28.1. The minimum Gasteiger partial charge on any atom is -0.491 e. The summed E-state index contributed by atoms with van der Waals surface area (Å²) in [4.78, 5) is 4.48. The van der Waals surface area contributed by atoms with Gasteiger partial charge in [0.2, 0.25) is 0 Å². The number of allylic oxidation sites excluding steroid dienone is 3. The lowest BCUT2D eigenvalue weighted by Crippen LogP contribution is -2.54. The first-order valence-corrected chi connectivity index (χ1v) is 13.0. The van der Waals surface area contributed by atoms with Gasteiger partial charge >= 0.3 is 0 Å². The van der Waals surface area contributed by atoms with Crippen LogP contribution in [-0.4, -0.2) is 62.5 Å². The minimum absolute atomic E-state index is 0.115. The SMILES string of the molecule is CC1(C)C(c2ccccc2)=CC=CC1(COc1ccc(CNC(CO)(CO)CO)cc1Cl)c1noc(CO)n1. The Labute approximate surface area is 232 Å². The van der Waals surface area contributed by atoms with Crippen LogP contribution in [0.15, 0.2) is 71.3 Å².